The average molecular weight is 232 g/mol. The maximum Gasteiger partial charge on any atom is 0.270 e. The van der Waals surface area contributed by atoms with Crippen LogP contribution in [-0.4, -0.2) is 4.92 Å². The van der Waals surface area contributed by atoms with Crippen LogP contribution in [0.5, 0.6) is 0 Å². The van der Waals surface area contributed by atoms with Gasteiger partial charge in [-0.15, -0.1) is 0 Å². The Morgan fingerprint density at radius 1 is 1.12 bits per heavy atom. The van der Waals surface area contributed by atoms with Crippen molar-refractivity contribution in [3.63, 3.8) is 0 Å². The smallest absolute Gasteiger partial charge is 0.270 e. The second-order valence-corrected chi connectivity index (χ2v) is 3.54. The van der Waals surface area contributed by atoms with Crippen LogP contribution in [0.4, 0.5) is 15.8 Å². The van der Waals surface area contributed by atoms with Crippen LogP contribution in [-0.2, 0) is 0 Å². The molecule has 2 rings (SSSR count). The Labute approximate surface area is 96.6 Å². The predicted octanol–water partition coefficient (Wildman–Crippen LogP) is 2.98. The van der Waals surface area contributed by atoms with E-state index in [1.807, 2.05) is 0 Å². The number of nitro benzene ring substituents is 1. The molecule has 0 aliphatic rings. The van der Waals surface area contributed by atoms with Crippen molar-refractivity contribution in [2.75, 3.05) is 5.73 Å². The number of rotatable bonds is 2. The number of benzene rings is 2. The lowest BCUT2D eigenvalue weighted by molar-refractivity contribution is -0.384. The molecule has 2 aromatic carbocycles. The van der Waals surface area contributed by atoms with E-state index < -0.39 is 4.92 Å². The highest BCUT2D eigenvalue weighted by molar-refractivity contribution is 5.78. The number of nitrogens with zero attached hydrogens (tertiary/aromatic N) is 1. The van der Waals surface area contributed by atoms with Crippen LogP contribution in [0.15, 0.2) is 42.5 Å². The van der Waals surface area contributed by atoms with Gasteiger partial charge in [-0.2, -0.15) is 0 Å². The molecule has 2 aromatic rings. The molecule has 0 fully saturated rings. The van der Waals surface area contributed by atoms with Gasteiger partial charge < -0.3 is 5.73 Å². The lowest BCUT2D eigenvalue weighted by atomic mass is 10.0. The topological polar surface area (TPSA) is 69.2 Å². The minimum Gasteiger partial charge on any atom is -0.398 e. The number of halogens is 1. The highest BCUT2D eigenvalue weighted by atomic mass is 19.1. The summed E-state index contributed by atoms with van der Waals surface area (Å²) in [6.07, 6.45) is 0. The van der Waals surface area contributed by atoms with E-state index in [0.717, 1.165) is 0 Å². The zero-order valence-corrected chi connectivity index (χ0v) is 8.76. The Bertz CT molecular complexity index is 567. The molecule has 0 bridgehead atoms. The number of hydrogen-bond donors (Lipinski definition) is 1. The predicted molar refractivity (Wildman–Crippen MR) is 62.9 cm³/mol. The fraction of sp³-hybridized carbons (Fsp3) is 0. The van der Waals surface area contributed by atoms with Crippen LogP contribution >= 0.6 is 0 Å². The first-order valence-electron chi connectivity index (χ1n) is 4.88. The fourth-order valence-corrected chi connectivity index (χ4v) is 1.54. The molecule has 86 valence electrons. The van der Waals surface area contributed by atoms with E-state index in [-0.39, 0.29) is 11.5 Å². The van der Waals surface area contributed by atoms with E-state index in [2.05, 4.69) is 0 Å². The minimum absolute atomic E-state index is 0.0430. The molecule has 2 N–H and O–H groups in total. The molecule has 0 unspecified atom stereocenters. The summed E-state index contributed by atoms with van der Waals surface area (Å²) in [5, 5.41) is 10.7. The zero-order valence-electron chi connectivity index (χ0n) is 8.76. The SMILES string of the molecule is Nc1ccc([N+](=O)[O-])cc1-c1ccc(F)cc1. The number of nitrogens with two attached hydrogens (primary N) is 1. The number of nitro groups is 1. The molecule has 0 radical (unpaired) electrons. The number of hydrogen-bond acceptors (Lipinski definition) is 3. The standard InChI is InChI=1S/C12H9FN2O2/c13-9-3-1-8(2-4-9)11-7-10(15(16)17)5-6-12(11)14/h1-7H,14H2. The number of nitrogen functional groups attached to an aromatic ring is 1. The van der Waals surface area contributed by atoms with Crippen molar-refractivity contribution in [2.45, 2.75) is 0 Å². The van der Waals surface area contributed by atoms with Crippen molar-refractivity contribution in [1.82, 2.24) is 0 Å². The molecular formula is C12H9FN2O2. The third-order valence-corrected chi connectivity index (χ3v) is 2.40. The molecule has 5 heteroatoms. The van der Waals surface area contributed by atoms with E-state index in [1.165, 1.54) is 42.5 Å². The van der Waals surface area contributed by atoms with Crippen molar-refractivity contribution in [3.05, 3.63) is 58.4 Å². The molecule has 0 atom stereocenters. The lowest BCUT2D eigenvalue weighted by Crippen LogP contribution is -1.93. The van der Waals surface area contributed by atoms with Gasteiger partial charge in [0, 0.05) is 23.4 Å². The maximum atomic E-state index is 12.8. The molecule has 0 aliphatic heterocycles. The molecule has 0 spiro atoms. The Hall–Kier alpha value is -2.43. The van der Waals surface area contributed by atoms with E-state index in [9.17, 15) is 14.5 Å². The zero-order chi connectivity index (χ0) is 12.4. The monoisotopic (exact) mass is 232 g/mol. The van der Waals surface area contributed by atoms with Crippen LogP contribution in [0, 0.1) is 15.9 Å². The van der Waals surface area contributed by atoms with Gasteiger partial charge in [0.2, 0.25) is 0 Å². The third-order valence-electron chi connectivity index (χ3n) is 2.40. The summed E-state index contributed by atoms with van der Waals surface area (Å²) in [7, 11) is 0. The Morgan fingerprint density at radius 3 is 2.35 bits per heavy atom. The second-order valence-electron chi connectivity index (χ2n) is 3.54. The van der Waals surface area contributed by atoms with Crippen molar-refractivity contribution >= 4 is 11.4 Å². The second kappa shape index (κ2) is 4.21. The van der Waals surface area contributed by atoms with Crippen LogP contribution in [0.2, 0.25) is 0 Å². The summed E-state index contributed by atoms with van der Waals surface area (Å²) in [5.74, 6) is -0.363. The van der Waals surface area contributed by atoms with Crippen molar-refractivity contribution in [2.24, 2.45) is 0 Å². The van der Waals surface area contributed by atoms with Crippen LogP contribution in [0.1, 0.15) is 0 Å². The lowest BCUT2D eigenvalue weighted by Gasteiger charge is -2.05. The summed E-state index contributed by atoms with van der Waals surface area (Å²) in [5.41, 5.74) is 7.29. The molecule has 4 nitrogen and oxygen atoms in total. The van der Waals surface area contributed by atoms with Gasteiger partial charge in [-0.3, -0.25) is 10.1 Å². The summed E-state index contributed by atoms with van der Waals surface area (Å²) in [6.45, 7) is 0. The minimum atomic E-state index is -0.494. The first-order chi connectivity index (χ1) is 8.08. The van der Waals surface area contributed by atoms with Crippen LogP contribution < -0.4 is 5.73 Å². The first kappa shape index (κ1) is 11.1. The van der Waals surface area contributed by atoms with Gasteiger partial charge in [0.1, 0.15) is 5.82 Å². The first-order valence-corrected chi connectivity index (χ1v) is 4.88. The Morgan fingerprint density at radius 2 is 1.76 bits per heavy atom. The number of anilines is 1. The molecule has 0 aromatic heterocycles. The van der Waals surface area contributed by atoms with E-state index >= 15 is 0 Å². The van der Waals surface area contributed by atoms with E-state index in [4.69, 9.17) is 5.73 Å². The van der Waals surface area contributed by atoms with Gasteiger partial charge in [-0.05, 0) is 23.8 Å². The highest BCUT2D eigenvalue weighted by Crippen LogP contribution is 2.29. The number of non-ortho nitro benzene ring substituents is 1. The van der Waals surface area contributed by atoms with Crippen molar-refractivity contribution < 1.29 is 9.31 Å². The normalized spacial score (nSPS) is 10.2. The van der Waals surface area contributed by atoms with Crippen LogP contribution in [0.25, 0.3) is 11.1 Å². The maximum absolute atomic E-state index is 12.8. The molecule has 0 saturated carbocycles. The summed E-state index contributed by atoms with van der Waals surface area (Å²) in [4.78, 5) is 10.2. The fourth-order valence-electron chi connectivity index (χ4n) is 1.54. The Balaban J connectivity index is 2.54. The van der Waals surface area contributed by atoms with Gasteiger partial charge in [-0.25, -0.2) is 4.39 Å². The van der Waals surface area contributed by atoms with E-state index in [1.54, 1.807) is 0 Å². The molecular weight excluding hydrogens is 223 g/mol. The van der Waals surface area contributed by atoms with Crippen LogP contribution in [0.3, 0.4) is 0 Å². The molecule has 0 heterocycles. The average Bonchev–Trinajstić information content (AvgIpc) is 2.31. The largest absolute Gasteiger partial charge is 0.398 e. The quantitative estimate of drug-likeness (QED) is 0.491. The van der Waals surface area contributed by atoms with Gasteiger partial charge in [-0.1, -0.05) is 12.1 Å². The molecule has 17 heavy (non-hydrogen) atoms. The van der Waals surface area contributed by atoms with E-state index in [0.29, 0.717) is 16.8 Å². The molecule has 0 aliphatic carbocycles. The van der Waals surface area contributed by atoms with Gasteiger partial charge in [0.25, 0.3) is 5.69 Å². The highest BCUT2D eigenvalue weighted by Gasteiger charge is 2.10. The van der Waals surface area contributed by atoms with Gasteiger partial charge in [0.05, 0.1) is 4.92 Å². The Kier molecular flexibility index (Phi) is 2.74. The summed E-state index contributed by atoms with van der Waals surface area (Å²) < 4.78 is 12.8. The van der Waals surface area contributed by atoms with Crippen molar-refractivity contribution in [1.29, 1.82) is 0 Å². The molecule has 0 saturated heterocycles. The van der Waals surface area contributed by atoms with Crippen molar-refractivity contribution in [3.8, 4) is 11.1 Å². The third kappa shape index (κ3) is 2.23. The summed E-state index contributed by atoms with van der Waals surface area (Å²) >= 11 is 0. The summed E-state index contributed by atoms with van der Waals surface area (Å²) in [6, 6.07) is 9.82. The van der Waals surface area contributed by atoms with Gasteiger partial charge in [0.15, 0.2) is 0 Å². The van der Waals surface area contributed by atoms with Gasteiger partial charge >= 0.3 is 0 Å². The molecule has 0 amide bonds.